The minimum absolute atomic E-state index is 0.167. The van der Waals surface area contributed by atoms with Crippen molar-refractivity contribution in [2.75, 3.05) is 19.0 Å². The van der Waals surface area contributed by atoms with Gasteiger partial charge in [0, 0.05) is 12.8 Å². The second kappa shape index (κ2) is 40.6. The van der Waals surface area contributed by atoms with E-state index >= 15 is 0 Å². The number of carbonyl (C=O) groups is 2. The summed E-state index contributed by atoms with van der Waals surface area (Å²) in [5.41, 5.74) is 0. The van der Waals surface area contributed by atoms with Gasteiger partial charge in [0.15, 0.2) is 12.4 Å². The Labute approximate surface area is 384 Å². The Hall–Kier alpha value is -1.61. The van der Waals surface area contributed by atoms with Crippen LogP contribution in [0.3, 0.4) is 0 Å². The highest BCUT2D eigenvalue weighted by Crippen LogP contribution is 2.24. The number of hydrogen-bond acceptors (Lipinski definition) is 11. The minimum atomic E-state index is -4.60. The summed E-state index contributed by atoms with van der Waals surface area (Å²) >= 11 is 0. The van der Waals surface area contributed by atoms with Crippen molar-refractivity contribution >= 4 is 22.1 Å². The Morgan fingerprint density at radius 1 is 0.524 bits per heavy atom. The SMILES string of the molecule is CCCCCCCCCC/C=C\CCCCCCCCCCCC(=O)OC(COC(=O)CCCCCCCCCCCCCCCC)COC1OC(CS(=O)(=O)O)C(O)C(O)C1O. The number of hydrogen-bond donors (Lipinski definition) is 4. The Bertz CT molecular complexity index is 1210. The first-order valence-corrected chi connectivity index (χ1v) is 27.4. The maximum absolute atomic E-state index is 12.9. The molecule has 0 radical (unpaired) electrons. The molecule has 372 valence electrons. The van der Waals surface area contributed by atoms with Gasteiger partial charge in [-0.15, -0.1) is 0 Å². The zero-order valence-electron chi connectivity index (χ0n) is 40.0. The van der Waals surface area contributed by atoms with Crippen LogP contribution in [0.15, 0.2) is 12.2 Å². The quantitative estimate of drug-likeness (QED) is 0.0196. The van der Waals surface area contributed by atoms with Crippen LogP contribution in [0.2, 0.25) is 0 Å². The largest absolute Gasteiger partial charge is 0.462 e. The van der Waals surface area contributed by atoms with Gasteiger partial charge in [-0.25, -0.2) is 0 Å². The zero-order valence-corrected chi connectivity index (χ0v) is 40.8. The fourth-order valence-corrected chi connectivity index (χ4v) is 8.78. The minimum Gasteiger partial charge on any atom is -0.462 e. The molecule has 1 aliphatic rings. The van der Waals surface area contributed by atoms with Crippen LogP contribution in [0, 0.1) is 0 Å². The molecule has 13 heteroatoms. The van der Waals surface area contributed by atoms with Gasteiger partial charge in [0.1, 0.15) is 36.8 Å². The molecular formula is C50H94O12S. The van der Waals surface area contributed by atoms with Crippen LogP contribution in [0.1, 0.15) is 239 Å². The molecule has 12 nitrogen and oxygen atoms in total. The summed E-state index contributed by atoms with van der Waals surface area (Å²) in [6.07, 6.45) is 35.4. The Morgan fingerprint density at radius 3 is 1.32 bits per heavy atom. The molecule has 0 bridgehead atoms. The third-order valence-electron chi connectivity index (χ3n) is 12.1. The van der Waals surface area contributed by atoms with Gasteiger partial charge in [0.25, 0.3) is 10.1 Å². The average Bonchev–Trinajstić information content (AvgIpc) is 3.25. The molecule has 0 saturated carbocycles. The molecule has 0 amide bonds. The molecule has 0 aromatic carbocycles. The smallest absolute Gasteiger partial charge is 0.306 e. The van der Waals surface area contributed by atoms with Crippen molar-refractivity contribution in [2.45, 2.75) is 275 Å². The molecule has 0 spiro atoms. The molecule has 4 N–H and O–H groups in total. The van der Waals surface area contributed by atoms with Crippen LogP contribution in [0.5, 0.6) is 0 Å². The molecule has 6 atom stereocenters. The van der Waals surface area contributed by atoms with Crippen molar-refractivity contribution in [2.24, 2.45) is 0 Å². The van der Waals surface area contributed by atoms with Crippen molar-refractivity contribution in [1.29, 1.82) is 0 Å². The Kier molecular flexibility index (Phi) is 38.3. The third-order valence-corrected chi connectivity index (χ3v) is 12.8. The summed E-state index contributed by atoms with van der Waals surface area (Å²) in [5.74, 6) is -1.97. The van der Waals surface area contributed by atoms with Gasteiger partial charge in [-0.05, 0) is 38.5 Å². The second-order valence-corrected chi connectivity index (χ2v) is 19.7. The number of aliphatic hydroxyl groups is 3. The third kappa shape index (κ3) is 35.3. The van der Waals surface area contributed by atoms with E-state index in [0.717, 1.165) is 38.5 Å². The average molecular weight is 919 g/mol. The Balaban J connectivity index is 2.36. The zero-order chi connectivity index (χ0) is 46.2. The predicted octanol–water partition coefficient (Wildman–Crippen LogP) is 11.4. The topological polar surface area (TPSA) is 186 Å². The van der Waals surface area contributed by atoms with Crippen molar-refractivity contribution in [1.82, 2.24) is 0 Å². The lowest BCUT2D eigenvalue weighted by molar-refractivity contribution is -0.297. The second-order valence-electron chi connectivity index (χ2n) is 18.2. The van der Waals surface area contributed by atoms with Crippen LogP contribution < -0.4 is 0 Å². The molecular weight excluding hydrogens is 825 g/mol. The monoisotopic (exact) mass is 919 g/mol. The molecule has 0 aliphatic carbocycles. The number of unbranched alkanes of at least 4 members (excludes halogenated alkanes) is 30. The summed E-state index contributed by atoms with van der Waals surface area (Å²) in [7, 11) is -4.60. The van der Waals surface area contributed by atoms with Crippen LogP contribution in [0.4, 0.5) is 0 Å². The van der Waals surface area contributed by atoms with E-state index in [9.17, 15) is 37.9 Å². The van der Waals surface area contributed by atoms with Gasteiger partial charge in [-0.2, -0.15) is 8.42 Å². The number of aliphatic hydroxyl groups excluding tert-OH is 3. The van der Waals surface area contributed by atoms with Gasteiger partial charge < -0.3 is 34.3 Å². The summed E-state index contributed by atoms with van der Waals surface area (Å²) in [6.45, 7) is 3.79. The van der Waals surface area contributed by atoms with E-state index in [2.05, 4.69) is 26.0 Å². The molecule has 63 heavy (non-hydrogen) atoms. The first-order chi connectivity index (χ1) is 30.5. The number of carbonyl (C=O) groups excluding carboxylic acids is 2. The molecule has 1 fully saturated rings. The van der Waals surface area contributed by atoms with Crippen molar-refractivity contribution < 1.29 is 56.8 Å². The first kappa shape index (κ1) is 59.4. The van der Waals surface area contributed by atoms with Crippen LogP contribution in [-0.2, 0) is 38.7 Å². The Morgan fingerprint density at radius 2 is 0.905 bits per heavy atom. The molecule has 1 rings (SSSR count). The van der Waals surface area contributed by atoms with Gasteiger partial charge in [0.2, 0.25) is 0 Å². The normalized spacial score (nSPS) is 19.7. The van der Waals surface area contributed by atoms with Gasteiger partial charge in [-0.3, -0.25) is 14.1 Å². The van der Waals surface area contributed by atoms with Gasteiger partial charge >= 0.3 is 11.9 Å². The molecule has 0 aromatic heterocycles. The molecule has 1 aliphatic heterocycles. The summed E-state index contributed by atoms with van der Waals surface area (Å²) in [6, 6.07) is 0. The molecule has 6 unspecified atom stereocenters. The maximum atomic E-state index is 12.9. The number of ether oxygens (including phenoxy) is 4. The van der Waals surface area contributed by atoms with Crippen molar-refractivity contribution in [3.05, 3.63) is 12.2 Å². The van der Waals surface area contributed by atoms with E-state index < -0.39 is 71.2 Å². The lowest BCUT2D eigenvalue weighted by atomic mass is 10.00. The highest BCUT2D eigenvalue weighted by Gasteiger charge is 2.46. The molecule has 1 saturated heterocycles. The first-order valence-electron chi connectivity index (χ1n) is 25.7. The lowest BCUT2D eigenvalue weighted by Crippen LogP contribution is -2.60. The summed E-state index contributed by atoms with van der Waals surface area (Å²) in [4.78, 5) is 25.5. The summed E-state index contributed by atoms with van der Waals surface area (Å²) in [5, 5.41) is 31.0. The standard InChI is InChI=1S/C50H94O12S/c1-3-5-7-9-11-13-15-17-19-20-21-22-23-24-25-27-29-31-33-35-37-39-46(52)61-43(41-60-50-49(55)48(54)47(53)44(62-50)42-63(56,57)58)40-59-45(51)38-36-34-32-30-28-26-18-16-14-12-10-8-6-4-2/h20-21,43-44,47-50,53-55H,3-19,22-42H2,1-2H3,(H,56,57,58)/b21-20-. The van der Waals surface area contributed by atoms with Gasteiger partial charge in [0.05, 0.1) is 6.61 Å². The number of allylic oxidation sites excluding steroid dienone is 2. The highest BCUT2D eigenvalue weighted by molar-refractivity contribution is 7.85. The predicted molar refractivity (Wildman–Crippen MR) is 252 cm³/mol. The van der Waals surface area contributed by atoms with Crippen LogP contribution in [-0.4, -0.2) is 96.0 Å². The van der Waals surface area contributed by atoms with E-state index in [0.29, 0.717) is 12.8 Å². The maximum Gasteiger partial charge on any atom is 0.306 e. The highest BCUT2D eigenvalue weighted by atomic mass is 32.2. The van der Waals surface area contributed by atoms with E-state index in [1.54, 1.807) is 0 Å². The van der Waals surface area contributed by atoms with E-state index in [1.807, 2.05) is 0 Å². The van der Waals surface area contributed by atoms with Crippen LogP contribution >= 0.6 is 0 Å². The van der Waals surface area contributed by atoms with Crippen LogP contribution in [0.25, 0.3) is 0 Å². The number of esters is 2. The fraction of sp³-hybridized carbons (Fsp3) is 0.920. The van der Waals surface area contributed by atoms with E-state index in [1.165, 1.54) is 161 Å². The fourth-order valence-electron chi connectivity index (χ4n) is 8.09. The van der Waals surface area contributed by atoms with Gasteiger partial charge in [-0.1, -0.05) is 199 Å². The lowest BCUT2D eigenvalue weighted by Gasteiger charge is -2.40. The molecule has 0 aromatic rings. The van der Waals surface area contributed by atoms with Crippen molar-refractivity contribution in [3.8, 4) is 0 Å². The van der Waals surface area contributed by atoms with Crippen molar-refractivity contribution in [3.63, 3.8) is 0 Å². The molecule has 1 heterocycles. The van der Waals surface area contributed by atoms with E-state index in [4.69, 9.17) is 18.9 Å². The van der Waals surface area contributed by atoms with E-state index in [-0.39, 0.29) is 19.4 Å². The number of rotatable bonds is 44. The summed E-state index contributed by atoms with van der Waals surface area (Å²) < 4.78 is 54.2.